The fourth-order valence-corrected chi connectivity index (χ4v) is 3.84. The zero-order valence-corrected chi connectivity index (χ0v) is 11.1. The Balaban J connectivity index is 1.93. The quantitative estimate of drug-likeness (QED) is 0.846. The van der Waals surface area contributed by atoms with Gasteiger partial charge in [-0.2, -0.15) is 0 Å². The van der Waals surface area contributed by atoms with Crippen molar-refractivity contribution in [1.29, 1.82) is 0 Å². The van der Waals surface area contributed by atoms with Crippen LogP contribution in [0, 0.1) is 11.3 Å². The Hall–Kier alpha value is -0.340. The van der Waals surface area contributed by atoms with Crippen molar-refractivity contribution in [3.05, 3.63) is 22.4 Å². The summed E-state index contributed by atoms with van der Waals surface area (Å²) in [7, 11) is 0. The highest BCUT2D eigenvalue weighted by Gasteiger charge is 2.33. The van der Waals surface area contributed by atoms with Crippen molar-refractivity contribution in [2.45, 2.75) is 45.4 Å². The summed E-state index contributed by atoms with van der Waals surface area (Å²) in [6.45, 7) is 3.26. The van der Waals surface area contributed by atoms with Gasteiger partial charge in [0.25, 0.3) is 0 Å². The summed E-state index contributed by atoms with van der Waals surface area (Å²) in [4.78, 5) is 1.52. The summed E-state index contributed by atoms with van der Waals surface area (Å²) in [5.74, 6) is 0.876. The number of aryl methyl sites for hydroxylation is 1. The molecule has 1 aromatic heterocycles. The monoisotopic (exact) mass is 237 g/mol. The maximum atomic E-state index is 6.04. The smallest absolute Gasteiger partial charge is 0.00454 e. The lowest BCUT2D eigenvalue weighted by atomic mass is 9.67. The molecular weight excluding hydrogens is 214 g/mol. The largest absolute Gasteiger partial charge is 0.330 e. The van der Waals surface area contributed by atoms with Gasteiger partial charge in [0.1, 0.15) is 0 Å². The lowest BCUT2D eigenvalue weighted by Gasteiger charge is -2.39. The number of hydrogen-bond acceptors (Lipinski definition) is 2. The molecule has 0 bridgehead atoms. The van der Waals surface area contributed by atoms with Crippen molar-refractivity contribution >= 4 is 11.3 Å². The summed E-state index contributed by atoms with van der Waals surface area (Å²) >= 11 is 1.88. The van der Waals surface area contributed by atoms with E-state index in [0.29, 0.717) is 5.41 Å². The van der Waals surface area contributed by atoms with E-state index in [0.717, 1.165) is 12.5 Å². The molecule has 0 amide bonds. The molecule has 0 saturated heterocycles. The first kappa shape index (κ1) is 12.1. The molecule has 0 spiro atoms. The van der Waals surface area contributed by atoms with Crippen molar-refractivity contribution < 1.29 is 0 Å². The van der Waals surface area contributed by atoms with Gasteiger partial charge in [-0.05, 0) is 55.0 Å². The second kappa shape index (κ2) is 5.33. The maximum absolute atomic E-state index is 6.04. The molecule has 0 aromatic carbocycles. The highest BCUT2D eigenvalue weighted by molar-refractivity contribution is 7.09. The predicted octanol–water partition coefficient (Wildman–Crippen LogP) is 3.84. The van der Waals surface area contributed by atoms with Gasteiger partial charge in [0.15, 0.2) is 0 Å². The lowest BCUT2D eigenvalue weighted by Crippen LogP contribution is -2.35. The zero-order chi connectivity index (χ0) is 11.4. The molecule has 1 aliphatic rings. The number of thiophene rings is 1. The number of rotatable bonds is 4. The van der Waals surface area contributed by atoms with Crippen LogP contribution in [0.4, 0.5) is 0 Å². The molecule has 2 rings (SSSR count). The van der Waals surface area contributed by atoms with Crippen molar-refractivity contribution in [1.82, 2.24) is 0 Å². The van der Waals surface area contributed by atoms with Gasteiger partial charge in [0.05, 0.1) is 0 Å². The zero-order valence-electron chi connectivity index (χ0n) is 10.2. The van der Waals surface area contributed by atoms with Crippen LogP contribution >= 0.6 is 11.3 Å². The highest BCUT2D eigenvalue weighted by atomic mass is 32.1. The summed E-state index contributed by atoms with van der Waals surface area (Å²) in [5.41, 5.74) is 6.49. The van der Waals surface area contributed by atoms with Crippen LogP contribution in [0.2, 0.25) is 0 Å². The van der Waals surface area contributed by atoms with Crippen LogP contribution in [0.1, 0.15) is 43.9 Å². The van der Waals surface area contributed by atoms with Crippen molar-refractivity contribution in [3.8, 4) is 0 Å². The molecule has 0 radical (unpaired) electrons. The summed E-state index contributed by atoms with van der Waals surface area (Å²) in [5, 5.41) is 2.17. The van der Waals surface area contributed by atoms with Gasteiger partial charge in [-0.25, -0.2) is 0 Å². The third-order valence-electron chi connectivity index (χ3n) is 4.10. The van der Waals surface area contributed by atoms with Gasteiger partial charge >= 0.3 is 0 Å². The van der Waals surface area contributed by atoms with Crippen molar-refractivity contribution in [3.63, 3.8) is 0 Å². The van der Waals surface area contributed by atoms with Gasteiger partial charge in [-0.1, -0.05) is 25.8 Å². The van der Waals surface area contributed by atoms with E-state index in [1.165, 1.54) is 43.4 Å². The van der Waals surface area contributed by atoms with Crippen LogP contribution in [0.3, 0.4) is 0 Å². The van der Waals surface area contributed by atoms with E-state index >= 15 is 0 Å². The van der Waals surface area contributed by atoms with Gasteiger partial charge in [-0.15, -0.1) is 11.3 Å². The normalized spacial score (nSPS) is 30.5. The van der Waals surface area contributed by atoms with E-state index in [1.54, 1.807) is 0 Å². The Morgan fingerprint density at radius 1 is 1.56 bits per heavy atom. The minimum atomic E-state index is 0.446. The summed E-state index contributed by atoms with van der Waals surface area (Å²) < 4.78 is 0. The first-order valence-corrected chi connectivity index (χ1v) is 7.34. The average Bonchev–Trinajstić information content (AvgIpc) is 2.79. The third kappa shape index (κ3) is 2.86. The Bertz CT molecular complexity index is 307. The first-order chi connectivity index (χ1) is 7.74. The predicted molar refractivity (Wildman–Crippen MR) is 71.8 cm³/mol. The Morgan fingerprint density at radius 3 is 3.06 bits per heavy atom. The summed E-state index contributed by atoms with van der Waals surface area (Å²) in [6, 6.07) is 4.40. The van der Waals surface area contributed by atoms with Crippen LogP contribution in [0.25, 0.3) is 0 Å². The van der Waals surface area contributed by atoms with E-state index in [-0.39, 0.29) is 0 Å². The van der Waals surface area contributed by atoms with Crippen LogP contribution in [0.15, 0.2) is 17.5 Å². The average molecular weight is 237 g/mol. The minimum absolute atomic E-state index is 0.446. The molecule has 1 nitrogen and oxygen atoms in total. The Labute approximate surface area is 103 Å². The molecule has 1 aliphatic carbocycles. The molecule has 16 heavy (non-hydrogen) atoms. The van der Waals surface area contributed by atoms with Crippen LogP contribution < -0.4 is 5.73 Å². The Morgan fingerprint density at radius 2 is 2.44 bits per heavy atom. The Kier molecular flexibility index (Phi) is 4.04. The van der Waals surface area contributed by atoms with Gasteiger partial charge < -0.3 is 5.73 Å². The van der Waals surface area contributed by atoms with Crippen LogP contribution in [-0.4, -0.2) is 6.54 Å². The highest BCUT2D eigenvalue weighted by Crippen LogP contribution is 2.42. The topological polar surface area (TPSA) is 26.0 Å². The second-order valence-corrected chi connectivity index (χ2v) is 6.52. The fraction of sp³-hybridized carbons (Fsp3) is 0.714. The minimum Gasteiger partial charge on any atom is -0.330 e. The molecule has 1 aromatic rings. The van der Waals surface area contributed by atoms with E-state index in [4.69, 9.17) is 5.73 Å². The molecule has 1 heterocycles. The van der Waals surface area contributed by atoms with Crippen molar-refractivity contribution in [2.24, 2.45) is 17.1 Å². The van der Waals surface area contributed by atoms with E-state index in [1.807, 2.05) is 11.3 Å². The molecule has 90 valence electrons. The standard InChI is InChI=1S/C14H23NS/c1-12-4-2-7-14(10-12,11-15)8-6-13-5-3-9-16-13/h3,5,9,12H,2,4,6-8,10-11,15H2,1H3. The number of hydrogen-bond donors (Lipinski definition) is 1. The van der Waals surface area contributed by atoms with Crippen LogP contribution in [-0.2, 0) is 6.42 Å². The van der Waals surface area contributed by atoms with Gasteiger partial charge in [0.2, 0.25) is 0 Å². The molecule has 1 fully saturated rings. The van der Waals surface area contributed by atoms with E-state index in [2.05, 4.69) is 24.4 Å². The van der Waals surface area contributed by atoms with E-state index in [9.17, 15) is 0 Å². The van der Waals surface area contributed by atoms with Gasteiger partial charge in [-0.3, -0.25) is 0 Å². The van der Waals surface area contributed by atoms with Crippen molar-refractivity contribution in [2.75, 3.05) is 6.54 Å². The second-order valence-electron chi connectivity index (χ2n) is 5.49. The van der Waals surface area contributed by atoms with Crippen LogP contribution in [0.5, 0.6) is 0 Å². The molecule has 1 saturated carbocycles. The van der Waals surface area contributed by atoms with Gasteiger partial charge in [0, 0.05) is 4.88 Å². The molecular formula is C14H23NS. The van der Waals surface area contributed by atoms with E-state index < -0.39 is 0 Å². The maximum Gasteiger partial charge on any atom is 0.00454 e. The number of nitrogens with two attached hydrogens (primary N) is 1. The molecule has 2 heteroatoms. The molecule has 2 atom stereocenters. The third-order valence-corrected chi connectivity index (χ3v) is 5.04. The molecule has 0 aliphatic heterocycles. The first-order valence-electron chi connectivity index (χ1n) is 6.47. The SMILES string of the molecule is CC1CCCC(CN)(CCc2cccs2)C1. The lowest BCUT2D eigenvalue weighted by molar-refractivity contribution is 0.142. The summed E-state index contributed by atoms with van der Waals surface area (Å²) in [6.07, 6.45) is 7.98. The molecule has 2 unspecified atom stereocenters. The fourth-order valence-electron chi connectivity index (χ4n) is 3.13. The molecule has 2 N–H and O–H groups in total.